The molecule has 0 unspecified atom stereocenters. The van der Waals surface area contributed by atoms with Gasteiger partial charge in [-0.1, -0.05) is 12.6 Å². The zero-order valence-electron chi connectivity index (χ0n) is 9.95. The first-order valence-corrected chi connectivity index (χ1v) is 5.31. The van der Waals surface area contributed by atoms with E-state index in [1.165, 1.54) is 0 Å². The van der Waals surface area contributed by atoms with Crippen molar-refractivity contribution in [2.24, 2.45) is 5.73 Å². The molecule has 0 saturated heterocycles. The van der Waals surface area contributed by atoms with Crippen LogP contribution in [0, 0.1) is 0 Å². The van der Waals surface area contributed by atoms with Crippen LogP contribution in [0.4, 0.5) is 0 Å². The molecule has 0 aliphatic heterocycles. The molecule has 88 valence electrons. The van der Waals surface area contributed by atoms with Crippen LogP contribution in [0.25, 0.3) is 0 Å². The first-order valence-electron chi connectivity index (χ1n) is 5.31. The molecule has 0 saturated carbocycles. The maximum absolute atomic E-state index is 5.61. The predicted molar refractivity (Wildman–Crippen MR) is 66.1 cm³/mol. The Balaban J connectivity index is 2.83. The fraction of sp³-hybridized carbons (Fsp3) is 0.385. The molecule has 16 heavy (non-hydrogen) atoms. The Hall–Kier alpha value is -1.48. The van der Waals surface area contributed by atoms with Crippen LogP contribution < -0.4 is 15.2 Å². The SMILES string of the molecule is C=C(C)COc1cc(CCN)ccc1OC. The van der Waals surface area contributed by atoms with Gasteiger partial charge in [0.1, 0.15) is 6.61 Å². The lowest BCUT2D eigenvalue weighted by Crippen LogP contribution is -2.04. The normalized spacial score (nSPS) is 9.94. The summed E-state index contributed by atoms with van der Waals surface area (Å²) in [5.74, 6) is 1.48. The topological polar surface area (TPSA) is 44.5 Å². The zero-order valence-corrected chi connectivity index (χ0v) is 9.95. The molecule has 0 heterocycles. The van der Waals surface area contributed by atoms with Crippen molar-refractivity contribution in [1.29, 1.82) is 0 Å². The van der Waals surface area contributed by atoms with Crippen molar-refractivity contribution < 1.29 is 9.47 Å². The maximum atomic E-state index is 5.61. The number of rotatable bonds is 6. The number of hydrogen-bond donors (Lipinski definition) is 1. The minimum absolute atomic E-state index is 0.502. The molecule has 2 N–H and O–H groups in total. The predicted octanol–water partition coefficient (Wildman–Crippen LogP) is 2.15. The van der Waals surface area contributed by atoms with E-state index in [-0.39, 0.29) is 0 Å². The van der Waals surface area contributed by atoms with Crippen LogP contribution in [-0.4, -0.2) is 20.3 Å². The van der Waals surface area contributed by atoms with Crippen LogP contribution in [0.15, 0.2) is 30.4 Å². The minimum Gasteiger partial charge on any atom is -0.493 e. The Bertz CT molecular complexity index is 361. The Morgan fingerprint density at radius 3 is 2.69 bits per heavy atom. The molecular weight excluding hydrogens is 202 g/mol. The van der Waals surface area contributed by atoms with E-state index < -0.39 is 0 Å². The lowest BCUT2D eigenvalue weighted by molar-refractivity contribution is 0.319. The summed E-state index contributed by atoms with van der Waals surface area (Å²) in [6.07, 6.45) is 0.841. The second-order valence-corrected chi connectivity index (χ2v) is 3.77. The number of benzene rings is 1. The molecule has 3 heteroatoms. The van der Waals surface area contributed by atoms with Crippen molar-refractivity contribution in [3.8, 4) is 11.5 Å². The van der Waals surface area contributed by atoms with Gasteiger partial charge in [-0.2, -0.15) is 0 Å². The van der Waals surface area contributed by atoms with E-state index in [1.54, 1.807) is 7.11 Å². The number of nitrogens with two attached hydrogens (primary N) is 1. The molecule has 0 radical (unpaired) electrons. The highest BCUT2D eigenvalue weighted by molar-refractivity contribution is 5.43. The highest BCUT2D eigenvalue weighted by Gasteiger charge is 2.05. The monoisotopic (exact) mass is 221 g/mol. The van der Waals surface area contributed by atoms with Crippen LogP contribution in [0.5, 0.6) is 11.5 Å². The standard InChI is InChI=1S/C13H19NO2/c1-10(2)9-16-13-8-11(6-7-14)4-5-12(13)15-3/h4-5,8H,1,6-7,9,14H2,2-3H3. The molecule has 1 aromatic rings. The fourth-order valence-electron chi connectivity index (χ4n) is 1.36. The summed E-state index contributed by atoms with van der Waals surface area (Å²) in [5.41, 5.74) is 7.65. The molecule has 0 spiro atoms. The van der Waals surface area contributed by atoms with Gasteiger partial charge in [0, 0.05) is 0 Å². The minimum atomic E-state index is 0.502. The van der Waals surface area contributed by atoms with Crippen LogP contribution in [0.2, 0.25) is 0 Å². The van der Waals surface area contributed by atoms with Gasteiger partial charge in [-0.3, -0.25) is 0 Å². The second-order valence-electron chi connectivity index (χ2n) is 3.77. The van der Waals surface area contributed by atoms with Gasteiger partial charge in [0.2, 0.25) is 0 Å². The molecule has 0 aliphatic rings. The van der Waals surface area contributed by atoms with E-state index in [0.717, 1.165) is 29.1 Å². The Kier molecular flexibility index (Phi) is 4.86. The van der Waals surface area contributed by atoms with Crippen molar-refractivity contribution in [1.82, 2.24) is 0 Å². The highest BCUT2D eigenvalue weighted by Crippen LogP contribution is 2.28. The summed E-state index contributed by atoms with van der Waals surface area (Å²) in [5, 5.41) is 0. The first kappa shape index (κ1) is 12.6. The number of ether oxygens (including phenoxy) is 2. The molecular formula is C13H19NO2. The average molecular weight is 221 g/mol. The molecule has 0 bridgehead atoms. The molecule has 0 amide bonds. The second kappa shape index (κ2) is 6.18. The third-order valence-electron chi connectivity index (χ3n) is 2.14. The lowest BCUT2D eigenvalue weighted by atomic mass is 10.1. The molecule has 0 fully saturated rings. The van der Waals surface area contributed by atoms with E-state index in [9.17, 15) is 0 Å². The summed E-state index contributed by atoms with van der Waals surface area (Å²) in [6.45, 7) is 6.86. The van der Waals surface area contributed by atoms with Gasteiger partial charge >= 0.3 is 0 Å². The lowest BCUT2D eigenvalue weighted by Gasteiger charge is -2.12. The smallest absolute Gasteiger partial charge is 0.161 e. The van der Waals surface area contributed by atoms with E-state index >= 15 is 0 Å². The van der Waals surface area contributed by atoms with Crippen molar-refractivity contribution in [3.05, 3.63) is 35.9 Å². The fourth-order valence-corrected chi connectivity index (χ4v) is 1.36. The Labute approximate surface area is 96.9 Å². The molecule has 0 aromatic heterocycles. The van der Waals surface area contributed by atoms with Crippen molar-refractivity contribution in [2.45, 2.75) is 13.3 Å². The van der Waals surface area contributed by atoms with Gasteiger partial charge in [0.25, 0.3) is 0 Å². The number of hydrogen-bond acceptors (Lipinski definition) is 3. The molecule has 0 aliphatic carbocycles. The maximum Gasteiger partial charge on any atom is 0.161 e. The molecule has 3 nitrogen and oxygen atoms in total. The zero-order chi connectivity index (χ0) is 12.0. The summed E-state index contributed by atoms with van der Waals surface area (Å²) >= 11 is 0. The first-order chi connectivity index (χ1) is 7.67. The third-order valence-corrected chi connectivity index (χ3v) is 2.14. The van der Waals surface area contributed by atoms with Crippen molar-refractivity contribution in [2.75, 3.05) is 20.3 Å². The molecule has 1 rings (SSSR count). The van der Waals surface area contributed by atoms with Crippen molar-refractivity contribution in [3.63, 3.8) is 0 Å². The van der Waals surface area contributed by atoms with E-state index in [4.69, 9.17) is 15.2 Å². The van der Waals surface area contributed by atoms with Crippen LogP contribution in [0.1, 0.15) is 12.5 Å². The summed E-state index contributed by atoms with van der Waals surface area (Å²) in [7, 11) is 1.63. The largest absolute Gasteiger partial charge is 0.493 e. The third kappa shape index (κ3) is 3.59. The van der Waals surface area contributed by atoms with Gasteiger partial charge in [-0.25, -0.2) is 0 Å². The summed E-state index contributed by atoms with van der Waals surface area (Å²) < 4.78 is 10.8. The van der Waals surface area contributed by atoms with E-state index in [1.807, 2.05) is 25.1 Å². The Morgan fingerprint density at radius 1 is 1.38 bits per heavy atom. The highest BCUT2D eigenvalue weighted by atomic mass is 16.5. The van der Waals surface area contributed by atoms with Gasteiger partial charge in [0.15, 0.2) is 11.5 Å². The van der Waals surface area contributed by atoms with Crippen LogP contribution in [-0.2, 0) is 6.42 Å². The van der Waals surface area contributed by atoms with Gasteiger partial charge in [0.05, 0.1) is 7.11 Å². The van der Waals surface area contributed by atoms with Crippen molar-refractivity contribution >= 4 is 0 Å². The van der Waals surface area contributed by atoms with E-state index in [0.29, 0.717) is 13.2 Å². The van der Waals surface area contributed by atoms with Crippen LogP contribution in [0.3, 0.4) is 0 Å². The average Bonchev–Trinajstić information content (AvgIpc) is 2.27. The van der Waals surface area contributed by atoms with Gasteiger partial charge < -0.3 is 15.2 Å². The summed E-state index contributed by atoms with van der Waals surface area (Å²) in [4.78, 5) is 0. The number of methoxy groups -OCH3 is 1. The summed E-state index contributed by atoms with van der Waals surface area (Å²) in [6, 6.07) is 5.87. The van der Waals surface area contributed by atoms with Gasteiger partial charge in [-0.05, 0) is 43.2 Å². The van der Waals surface area contributed by atoms with Crippen LogP contribution >= 0.6 is 0 Å². The quantitative estimate of drug-likeness (QED) is 0.749. The van der Waals surface area contributed by atoms with Gasteiger partial charge in [-0.15, -0.1) is 0 Å². The van der Waals surface area contributed by atoms with E-state index in [2.05, 4.69) is 6.58 Å². The molecule has 1 aromatic carbocycles. The molecule has 0 atom stereocenters. The Morgan fingerprint density at radius 2 is 2.12 bits per heavy atom.